The van der Waals surface area contributed by atoms with Crippen molar-refractivity contribution in [3.63, 3.8) is 0 Å². The van der Waals surface area contributed by atoms with Gasteiger partial charge in [-0.05, 0) is 32.0 Å². The van der Waals surface area contributed by atoms with Crippen LogP contribution in [0.4, 0.5) is 0 Å². The molecule has 80 valence electrons. The van der Waals surface area contributed by atoms with Crippen LogP contribution in [-0.4, -0.2) is 9.55 Å². The number of hydrogen-bond acceptors (Lipinski definition) is 2. The van der Waals surface area contributed by atoms with Gasteiger partial charge in [0.1, 0.15) is 6.07 Å². The van der Waals surface area contributed by atoms with E-state index in [9.17, 15) is 0 Å². The van der Waals surface area contributed by atoms with Crippen molar-refractivity contribution < 1.29 is 0 Å². The van der Waals surface area contributed by atoms with Gasteiger partial charge in [-0.25, -0.2) is 4.98 Å². The standard InChI is InChI=1S/C12H10BrN3/c1-8-9(2)16(7-15-8)12-4-3-11(13)5-10(12)6-14/h3-5,7H,1-2H3. The average molecular weight is 276 g/mol. The SMILES string of the molecule is Cc1ncn(-c2ccc(Br)cc2C#N)c1C. The Hall–Kier alpha value is -1.60. The summed E-state index contributed by atoms with van der Waals surface area (Å²) >= 11 is 3.36. The van der Waals surface area contributed by atoms with Gasteiger partial charge in [0.05, 0.1) is 23.3 Å². The van der Waals surface area contributed by atoms with Gasteiger partial charge in [-0.2, -0.15) is 5.26 Å². The molecule has 0 unspecified atom stereocenters. The van der Waals surface area contributed by atoms with Gasteiger partial charge >= 0.3 is 0 Å². The monoisotopic (exact) mass is 275 g/mol. The highest BCUT2D eigenvalue weighted by Crippen LogP contribution is 2.21. The van der Waals surface area contributed by atoms with Crippen LogP contribution in [0.25, 0.3) is 5.69 Å². The molecule has 0 saturated carbocycles. The van der Waals surface area contributed by atoms with E-state index in [1.165, 1.54) is 0 Å². The Morgan fingerprint density at radius 2 is 2.12 bits per heavy atom. The third-order valence-electron chi connectivity index (χ3n) is 2.59. The number of nitrogens with zero attached hydrogens (tertiary/aromatic N) is 3. The first-order chi connectivity index (χ1) is 7.63. The zero-order valence-electron chi connectivity index (χ0n) is 9.03. The molecule has 0 radical (unpaired) electrons. The number of hydrogen-bond donors (Lipinski definition) is 0. The summed E-state index contributed by atoms with van der Waals surface area (Å²) in [5, 5.41) is 9.10. The predicted molar refractivity (Wildman–Crippen MR) is 65.5 cm³/mol. The molecule has 3 nitrogen and oxygen atoms in total. The smallest absolute Gasteiger partial charge is 0.101 e. The Kier molecular flexibility index (Phi) is 2.80. The summed E-state index contributed by atoms with van der Waals surface area (Å²) in [5.74, 6) is 0. The molecule has 2 aromatic rings. The van der Waals surface area contributed by atoms with Gasteiger partial charge < -0.3 is 4.57 Å². The van der Waals surface area contributed by atoms with E-state index in [1.807, 2.05) is 36.6 Å². The van der Waals surface area contributed by atoms with Crippen molar-refractivity contribution in [1.82, 2.24) is 9.55 Å². The first-order valence-corrected chi connectivity index (χ1v) is 5.63. The molecular weight excluding hydrogens is 266 g/mol. The third-order valence-corrected chi connectivity index (χ3v) is 3.08. The highest BCUT2D eigenvalue weighted by atomic mass is 79.9. The number of rotatable bonds is 1. The van der Waals surface area contributed by atoms with Crippen molar-refractivity contribution in [2.24, 2.45) is 0 Å². The van der Waals surface area contributed by atoms with E-state index >= 15 is 0 Å². The van der Waals surface area contributed by atoms with E-state index in [4.69, 9.17) is 5.26 Å². The lowest BCUT2D eigenvalue weighted by atomic mass is 10.2. The van der Waals surface area contributed by atoms with E-state index in [0.29, 0.717) is 5.56 Å². The lowest BCUT2D eigenvalue weighted by Gasteiger charge is -2.07. The Bertz CT molecular complexity index is 578. The molecular formula is C12H10BrN3. The van der Waals surface area contributed by atoms with Crippen LogP contribution in [0.2, 0.25) is 0 Å². The molecule has 0 spiro atoms. The van der Waals surface area contributed by atoms with Crippen LogP contribution < -0.4 is 0 Å². The molecule has 0 amide bonds. The molecule has 0 aliphatic carbocycles. The van der Waals surface area contributed by atoms with Crippen molar-refractivity contribution in [1.29, 1.82) is 5.26 Å². The zero-order chi connectivity index (χ0) is 11.7. The lowest BCUT2D eigenvalue weighted by Crippen LogP contribution is -1.98. The minimum Gasteiger partial charge on any atom is -0.302 e. The molecule has 0 saturated heterocycles. The summed E-state index contributed by atoms with van der Waals surface area (Å²) in [6.45, 7) is 3.95. The molecule has 0 aliphatic rings. The van der Waals surface area contributed by atoms with Gasteiger partial charge in [0.25, 0.3) is 0 Å². The Labute approximate surface area is 102 Å². The second-order valence-electron chi connectivity index (χ2n) is 3.56. The van der Waals surface area contributed by atoms with Crippen LogP contribution in [-0.2, 0) is 0 Å². The van der Waals surface area contributed by atoms with E-state index in [2.05, 4.69) is 27.0 Å². The van der Waals surface area contributed by atoms with Gasteiger partial charge in [0.2, 0.25) is 0 Å². The third kappa shape index (κ3) is 1.74. The van der Waals surface area contributed by atoms with Gasteiger partial charge in [0, 0.05) is 10.2 Å². The summed E-state index contributed by atoms with van der Waals surface area (Å²) in [5.41, 5.74) is 3.53. The normalized spacial score (nSPS) is 10.1. The van der Waals surface area contributed by atoms with E-state index in [-0.39, 0.29) is 0 Å². The van der Waals surface area contributed by atoms with Crippen molar-refractivity contribution in [2.75, 3.05) is 0 Å². The van der Waals surface area contributed by atoms with Crippen molar-refractivity contribution in [3.05, 3.63) is 46.0 Å². The number of imidazole rings is 1. The molecule has 1 aromatic heterocycles. The first kappa shape index (κ1) is 10.9. The molecule has 0 fully saturated rings. The summed E-state index contributed by atoms with van der Waals surface area (Å²) < 4.78 is 2.84. The first-order valence-electron chi connectivity index (χ1n) is 4.84. The van der Waals surface area contributed by atoms with Crippen LogP contribution in [0.3, 0.4) is 0 Å². The molecule has 0 N–H and O–H groups in total. The number of aromatic nitrogens is 2. The highest BCUT2D eigenvalue weighted by molar-refractivity contribution is 9.10. The van der Waals surface area contributed by atoms with Gasteiger partial charge in [-0.3, -0.25) is 0 Å². The minimum absolute atomic E-state index is 0.634. The number of benzene rings is 1. The predicted octanol–water partition coefficient (Wildman–Crippen LogP) is 3.12. The molecule has 0 atom stereocenters. The van der Waals surface area contributed by atoms with Crippen LogP contribution in [0.1, 0.15) is 17.0 Å². The van der Waals surface area contributed by atoms with Crippen LogP contribution in [0.5, 0.6) is 0 Å². The van der Waals surface area contributed by atoms with E-state index < -0.39 is 0 Å². The minimum atomic E-state index is 0.634. The van der Waals surface area contributed by atoms with Gasteiger partial charge in [-0.15, -0.1) is 0 Å². The fourth-order valence-electron chi connectivity index (χ4n) is 1.55. The second kappa shape index (κ2) is 4.11. The van der Waals surface area contributed by atoms with Crippen LogP contribution in [0.15, 0.2) is 29.0 Å². The molecule has 16 heavy (non-hydrogen) atoms. The van der Waals surface area contributed by atoms with E-state index in [0.717, 1.165) is 21.5 Å². The number of aryl methyl sites for hydroxylation is 1. The fraction of sp³-hybridized carbons (Fsp3) is 0.167. The Morgan fingerprint density at radius 1 is 1.38 bits per heavy atom. The van der Waals surface area contributed by atoms with Crippen LogP contribution in [0, 0.1) is 25.2 Å². The topological polar surface area (TPSA) is 41.6 Å². The maximum Gasteiger partial charge on any atom is 0.101 e. The van der Waals surface area contributed by atoms with Gasteiger partial charge in [-0.1, -0.05) is 15.9 Å². The lowest BCUT2D eigenvalue weighted by molar-refractivity contribution is 0.995. The molecule has 2 rings (SSSR count). The zero-order valence-corrected chi connectivity index (χ0v) is 10.6. The summed E-state index contributed by atoms with van der Waals surface area (Å²) in [6, 6.07) is 7.84. The molecule has 0 bridgehead atoms. The molecule has 1 heterocycles. The van der Waals surface area contributed by atoms with Gasteiger partial charge in [0.15, 0.2) is 0 Å². The van der Waals surface area contributed by atoms with Crippen molar-refractivity contribution in [3.8, 4) is 11.8 Å². The Balaban J connectivity index is 2.65. The molecule has 0 aliphatic heterocycles. The molecule has 4 heteroatoms. The largest absolute Gasteiger partial charge is 0.302 e. The number of nitriles is 1. The fourth-order valence-corrected chi connectivity index (χ4v) is 1.91. The quantitative estimate of drug-likeness (QED) is 0.803. The summed E-state index contributed by atoms with van der Waals surface area (Å²) in [6.07, 6.45) is 1.74. The highest BCUT2D eigenvalue weighted by Gasteiger charge is 2.08. The van der Waals surface area contributed by atoms with Crippen molar-refractivity contribution in [2.45, 2.75) is 13.8 Å². The maximum atomic E-state index is 9.10. The second-order valence-corrected chi connectivity index (χ2v) is 4.47. The van der Waals surface area contributed by atoms with Crippen molar-refractivity contribution >= 4 is 15.9 Å². The summed E-state index contributed by atoms with van der Waals surface area (Å²) in [4.78, 5) is 4.23. The van der Waals surface area contributed by atoms with E-state index in [1.54, 1.807) is 6.33 Å². The molecule has 1 aromatic carbocycles. The maximum absolute atomic E-state index is 9.10. The number of halogens is 1. The summed E-state index contributed by atoms with van der Waals surface area (Å²) in [7, 11) is 0. The van der Waals surface area contributed by atoms with Crippen LogP contribution >= 0.6 is 15.9 Å². The Morgan fingerprint density at radius 3 is 2.69 bits per heavy atom. The average Bonchev–Trinajstić information content (AvgIpc) is 2.60.